The van der Waals surface area contributed by atoms with Crippen molar-refractivity contribution in [1.29, 1.82) is 0 Å². The van der Waals surface area contributed by atoms with Gasteiger partial charge in [0, 0.05) is 44.0 Å². The molecule has 1 fully saturated rings. The predicted octanol–water partition coefficient (Wildman–Crippen LogP) is 4.95. The van der Waals surface area contributed by atoms with Gasteiger partial charge in [-0.15, -0.1) is 0 Å². The molecule has 1 aliphatic rings. The van der Waals surface area contributed by atoms with E-state index in [1.54, 1.807) is 19.2 Å². The van der Waals surface area contributed by atoms with Crippen LogP contribution in [0.2, 0.25) is 0 Å². The van der Waals surface area contributed by atoms with Crippen molar-refractivity contribution in [2.24, 2.45) is 0 Å². The van der Waals surface area contributed by atoms with Crippen molar-refractivity contribution in [3.8, 4) is 5.75 Å². The summed E-state index contributed by atoms with van der Waals surface area (Å²) >= 11 is 0. The first kappa shape index (κ1) is 20.6. The maximum atomic E-state index is 12.9. The number of hydrogen-bond acceptors (Lipinski definition) is 3. The summed E-state index contributed by atoms with van der Waals surface area (Å²) in [5, 5.41) is 0. The fraction of sp³-hybridized carbons (Fsp3) is 0.478. The predicted molar refractivity (Wildman–Crippen MR) is 111 cm³/mol. The Morgan fingerprint density at radius 2 is 1.79 bits per heavy atom. The molecular formula is C23H30F2N2O. The summed E-state index contributed by atoms with van der Waals surface area (Å²) in [4.78, 5) is 4.66. The van der Waals surface area contributed by atoms with Gasteiger partial charge in [-0.1, -0.05) is 37.6 Å². The summed E-state index contributed by atoms with van der Waals surface area (Å²) < 4.78 is 31.3. The number of hydrogen-bond donors (Lipinski definition) is 0. The molecule has 5 heteroatoms. The molecule has 2 aromatic carbocycles. The van der Waals surface area contributed by atoms with Crippen molar-refractivity contribution >= 4 is 5.69 Å². The van der Waals surface area contributed by atoms with E-state index >= 15 is 0 Å². The van der Waals surface area contributed by atoms with E-state index in [2.05, 4.69) is 34.9 Å². The Kier molecular flexibility index (Phi) is 7.26. The van der Waals surface area contributed by atoms with Gasteiger partial charge >= 0.3 is 0 Å². The minimum atomic E-state index is -2.41. The highest BCUT2D eigenvalue weighted by molar-refractivity contribution is 5.49. The fourth-order valence-corrected chi connectivity index (χ4v) is 3.83. The van der Waals surface area contributed by atoms with E-state index in [1.165, 1.54) is 17.2 Å². The van der Waals surface area contributed by atoms with Crippen LogP contribution in [0.15, 0.2) is 42.5 Å². The molecule has 0 unspecified atom stereocenters. The minimum Gasteiger partial charge on any atom is -0.496 e. The van der Waals surface area contributed by atoms with E-state index < -0.39 is 6.43 Å². The van der Waals surface area contributed by atoms with Crippen LogP contribution in [0.3, 0.4) is 0 Å². The Balaban J connectivity index is 1.52. The van der Waals surface area contributed by atoms with Gasteiger partial charge in [-0.25, -0.2) is 8.78 Å². The molecule has 0 spiro atoms. The first-order valence-corrected chi connectivity index (χ1v) is 10.1. The number of ether oxygens (including phenoxy) is 1. The van der Waals surface area contributed by atoms with Gasteiger partial charge in [-0.05, 0) is 42.2 Å². The largest absolute Gasteiger partial charge is 0.496 e. The number of aryl methyl sites for hydroxylation is 1. The Hall–Kier alpha value is -2.14. The van der Waals surface area contributed by atoms with E-state index in [4.69, 9.17) is 4.74 Å². The average molecular weight is 389 g/mol. The fourth-order valence-electron chi connectivity index (χ4n) is 3.83. The Bertz CT molecular complexity index is 758. The molecule has 1 saturated heterocycles. The number of benzene rings is 2. The molecule has 0 N–H and O–H groups in total. The molecule has 1 aliphatic heterocycles. The van der Waals surface area contributed by atoms with E-state index in [1.807, 2.05) is 6.07 Å². The van der Waals surface area contributed by atoms with Crippen molar-refractivity contribution in [3.05, 3.63) is 59.2 Å². The van der Waals surface area contributed by atoms with E-state index in [0.29, 0.717) is 0 Å². The van der Waals surface area contributed by atoms with Gasteiger partial charge in [0.2, 0.25) is 0 Å². The molecule has 0 aromatic heterocycles. The average Bonchev–Trinajstić information content (AvgIpc) is 2.73. The number of rotatable bonds is 8. The second kappa shape index (κ2) is 9.87. The van der Waals surface area contributed by atoms with Crippen molar-refractivity contribution in [2.45, 2.75) is 32.6 Å². The van der Waals surface area contributed by atoms with Crippen LogP contribution in [-0.4, -0.2) is 44.7 Å². The summed E-state index contributed by atoms with van der Waals surface area (Å²) in [6.45, 7) is 6.85. The van der Waals surface area contributed by atoms with E-state index in [-0.39, 0.29) is 5.56 Å². The van der Waals surface area contributed by atoms with Crippen LogP contribution in [0.5, 0.6) is 5.75 Å². The molecule has 1 heterocycles. The van der Waals surface area contributed by atoms with Crippen LogP contribution in [0.1, 0.15) is 36.5 Å². The molecule has 3 rings (SSSR count). The van der Waals surface area contributed by atoms with Crippen LogP contribution < -0.4 is 9.64 Å². The number of nitrogens with zero attached hydrogens (tertiary/aromatic N) is 2. The SMILES string of the molecule is CCCc1cc(CCN2CCN(c3cccc(C(F)F)c3)CC2)ccc1OC. The van der Waals surface area contributed by atoms with E-state index in [9.17, 15) is 8.78 Å². The summed E-state index contributed by atoms with van der Waals surface area (Å²) in [5.74, 6) is 0.977. The standard InChI is InChI=1S/C23H30F2N2O/c1-3-5-19-16-18(8-9-22(19)28-2)10-11-26-12-14-27(15-13-26)21-7-4-6-20(17-21)23(24)25/h4,6-9,16-17,23H,3,5,10-15H2,1-2H3. The highest BCUT2D eigenvalue weighted by atomic mass is 19.3. The lowest BCUT2D eigenvalue weighted by atomic mass is 10.0. The summed E-state index contributed by atoms with van der Waals surface area (Å²) in [6, 6.07) is 13.3. The van der Waals surface area contributed by atoms with Crippen LogP contribution >= 0.6 is 0 Å². The number of piperazine rings is 1. The van der Waals surface area contributed by atoms with Crippen LogP contribution in [0.25, 0.3) is 0 Å². The summed E-state index contributed by atoms with van der Waals surface area (Å²) in [6.07, 6.45) is 0.743. The zero-order valence-corrected chi connectivity index (χ0v) is 16.8. The smallest absolute Gasteiger partial charge is 0.263 e. The summed E-state index contributed by atoms with van der Waals surface area (Å²) in [5.41, 5.74) is 3.63. The molecule has 152 valence electrons. The van der Waals surface area contributed by atoms with Gasteiger partial charge in [0.05, 0.1) is 7.11 Å². The summed E-state index contributed by atoms with van der Waals surface area (Å²) in [7, 11) is 1.73. The number of alkyl halides is 2. The first-order valence-electron chi connectivity index (χ1n) is 10.1. The molecule has 0 amide bonds. The van der Waals surface area contributed by atoms with Crippen molar-refractivity contribution in [3.63, 3.8) is 0 Å². The lowest BCUT2D eigenvalue weighted by Gasteiger charge is -2.36. The molecule has 0 saturated carbocycles. The second-order valence-electron chi connectivity index (χ2n) is 7.37. The topological polar surface area (TPSA) is 15.7 Å². The third-order valence-corrected chi connectivity index (χ3v) is 5.44. The number of anilines is 1. The van der Waals surface area contributed by atoms with Crippen molar-refractivity contribution in [2.75, 3.05) is 44.7 Å². The van der Waals surface area contributed by atoms with Gasteiger partial charge in [-0.3, -0.25) is 4.90 Å². The molecular weight excluding hydrogens is 358 g/mol. The van der Waals surface area contributed by atoms with Crippen LogP contribution in [0.4, 0.5) is 14.5 Å². The third kappa shape index (κ3) is 5.22. The van der Waals surface area contributed by atoms with E-state index in [0.717, 1.165) is 63.4 Å². The molecule has 0 bridgehead atoms. The maximum absolute atomic E-state index is 12.9. The molecule has 2 aromatic rings. The van der Waals surface area contributed by atoms with Gasteiger partial charge in [-0.2, -0.15) is 0 Å². The Labute approximate surface area is 166 Å². The monoisotopic (exact) mass is 388 g/mol. The molecule has 28 heavy (non-hydrogen) atoms. The van der Waals surface area contributed by atoms with Gasteiger partial charge < -0.3 is 9.64 Å². The first-order chi connectivity index (χ1) is 13.6. The van der Waals surface area contributed by atoms with Crippen molar-refractivity contribution in [1.82, 2.24) is 4.90 Å². The number of halogens is 2. The van der Waals surface area contributed by atoms with Crippen molar-refractivity contribution < 1.29 is 13.5 Å². The lowest BCUT2D eigenvalue weighted by molar-refractivity contribution is 0.151. The quantitative estimate of drug-likeness (QED) is 0.636. The lowest BCUT2D eigenvalue weighted by Crippen LogP contribution is -2.47. The minimum absolute atomic E-state index is 0.0994. The highest BCUT2D eigenvalue weighted by Gasteiger charge is 2.18. The molecule has 3 nitrogen and oxygen atoms in total. The zero-order valence-electron chi connectivity index (χ0n) is 16.8. The Morgan fingerprint density at radius 1 is 1.00 bits per heavy atom. The third-order valence-electron chi connectivity index (χ3n) is 5.44. The van der Waals surface area contributed by atoms with Crippen LogP contribution in [0, 0.1) is 0 Å². The highest BCUT2D eigenvalue weighted by Crippen LogP contribution is 2.25. The van der Waals surface area contributed by atoms with Crippen LogP contribution in [-0.2, 0) is 12.8 Å². The van der Waals surface area contributed by atoms with Gasteiger partial charge in [0.1, 0.15) is 5.75 Å². The maximum Gasteiger partial charge on any atom is 0.263 e. The number of methoxy groups -OCH3 is 1. The van der Waals surface area contributed by atoms with Gasteiger partial charge in [0.25, 0.3) is 6.43 Å². The molecule has 0 atom stereocenters. The zero-order chi connectivity index (χ0) is 19.9. The Morgan fingerprint density at radius 3 is 2.46 bits per heavy atom. The van der Waals surface area contributed by atoms with Gasteiger partial charge in [0.15, 0.2) is 0 Å². The normalized spacial score (nSPS) is 15.2. The molecule has 0 radical (unpaired) electrons. The molecule has 0 aliphatic carbocycles. The second-order valence-corrected chi connectivity index (χ2v) is 7.37.